The van der Waals surface area contributed by atoms with Gasteiger partial charge in [-0.2, -0.15) is 0 Å². The number of ketones is 1. The largest absolute Gasteiger partial charge is 0.491 e. The van der Waals surface area contributed by atoms with Crippen molar-refractivity contribution >= 4 is 5.78 Å². The Labute approximate surface area is 102 Å². The summed E-state index contributed by atoms with van der Waals surface area (Å²) in [6, 6.07) is 7.40. The van der Waals surface area contributed by atoms with Crippen LogP contribution in [-0.2, 0) is 4.74 Å². The topological polar surface area (TPSA) is 35.5 Å². The zero-order valence-electron chi connectivity index (χ0n) is 10.3. The van der Waals surface area contributed by atoms with Crippen LogP contribution in [0.25, 0.3) is 0 Å². The first-order chi connectivity index (χ1) is 8.16. The van der Waals surface area contributed by atoms with Crippen molar-refractivity contribution in [1.82, 2.24) is 0 Å². The van der Waals surface area contributed by atoms with Crippen LogP contribution in [0.2, 0.25) is 0 Å². The molecule has 1 fully saturated rings. The van der Waals surface area contributed by atoms with Gasteiger partial charge in [-0.1, -0.05) is 12.1 Å². The lowest BCUT2D eigenvalue weighted by molar-refractivity contribution is 0.0899. The highest BCUT2D eigenvalue weighted by atomic mass is 16.5. The first-order valence-corrected chi connectivity index (χ1v) is 6.05. The fourth-order valence-electron chi connectivity index (χ4n) is 1.97. The molecule has 3 heteroatoms. The van der Waals surface area contributed by atoms with Gasteiger partial charge in [0.2, 0.25) is 0 Å². The predicted molar refractivity (Wildman–Crippen MR) is 65.5 cm³/mol. The fourth-order valence-corrected chi connectivity index (χ4v) is 1.97. The maximum absolute atomic E-state index is 12.1. The molecule has 1 aromatic rings. The Morgan fingerprint density at radius 2 is 2.29 bits per heavy atom. The molecule has 0 aliphatic carbocycles. The third-order valence-electron chi connectivity index (χ3n) is 2.79. The SMILES string of the molecule is CC(C)Oc1cccc(C(=O)C2CCOC2)c1. The zero-order valence-corrected chi connectivity index (χ0v) is 10.3. The number of rotatable bonds is 4. The minimum absolute atomic E-state index is 0.0179. The first-order valence-electron chi connectivity index (χ1n) is 6.05. The molecule has 1 aliphatic rings. The van der Waals surface area contributed by atoms with Gasteiger partial charge in [-0.3, -0.25) is 4.79 Å². The van der Waals surface area contributed by atoms with Crippen LogP contribution in [0, 0.1) is 5.92 Å². The van der Waals surface area contributed by atoms with Gasteiger partial charge in [0, 0.05) is 18.1 Å². The second-order valence-electron chi connectivity index (χ2n) is 4.62. The van der Waals surface area contributed by atoms with Gasteiger partial charge in [0.1, 0.15) is 5.75 Å². The molecule has 1 heterocycles. The molecule has 1 aromatic carbocycles. The smallest absolute Gasteiger partial charge is 0.168 e. The molecule has 2 rings (SSSR count). The molecule has 0 spiro atoms. The van der Waals surface area contributed by atoms with Gasteiger partial charge < -0.3 is 9.47 Å². The molecule has 17 heavy (non-hydrogen) atoms. The highest BCUT2D eigenvalue weighted by Crippen LogP contribution is 2.21. The van der Waals surface area contributed by atoms with Gasteiger partial charge in [0.25, 0.3) is 0 Å². The number of hydrogen-bond acceptors (Lipinski definition) is 3. The van der Waals surface area contributed by atoms with E-state index in [0.29, 0.717) is 13.2 Å². The number of benzene rings is 1. The van der Waals surface area contributed by atoms with Crippen molar-refractivity contribution in [2.24, 2.45) is 5.92 Å². The fraction of sp³-hybridized carbons (Fsp3) is 0.500. The van der Waals surface area contributed by atoms with Crippen LogP contribution in [-0.4, -0.2) is 25.1 Å². The van der Waals surface area contributed by atoms with E-state index in [-0.39, 0.29) is 17.8 Å². The van der Waals surface area contributed by atoms with Crippen molar-refractivity contribution in [2.75, 3.05) is 13.2 Å². The van der Waals surface area contributed by atoms with Gasteiger partial charge in [0.05, 0.1) is 12.7 Å². The molecular weight excluding hydrogens is 216 g/mol. The lowest BCUT2D eigenvalue weighted by atomic mass is 9.97. The molecule has 0 radical (unpaired) electrons. The summed E-state index contributed by atoms with van der Waals surface area (Å²) >= 11 is 0. The molecule has 3 nitrogen and oxygen atoms in total. The van der Waals surface area contributed by atoms with Crippen molar-refractivity contribution in [2.45, 2.75) is 26.4 Å². The Morgan fingerprint density at radius 3 is 2.94 bits per heavy atom. The van der Waals surface area contributed by atoms with Gasteiger partial charge in [0.15, 0.2) is 5.78 Å². The summed E-state index contributed by atoms with van der Waals surface area (Å²) in [5.74, 6) is 0.936. The van der Waals surface area contributed by atoms with E-state index in [4.69, 9.17) is 9.47 Å². The quantitative estimate of drug-likeness (QED) is 0.751. The van der Waals surface area contributed by atoms with Crippen LogP contribution in [0.1, 0.15) is 30.6 Å². The molecule has 0 amide bonds. The van der Waals surface area contributed by atoms with E-state index in [0.717, 1.165) is 17.7 Å². The van der Waals surface area contributed by atoms with Crippen LogP contribution in [0.15, 0.2) is 24.3 Å². The van der Waals surface area contributed by atoms with Crippen LogP contribution in [0.3, 0.4) is 0 Å². The summed E-state index contributed by atoms with van der Waals surface area (Å²) < 4.78 is 10.8. The van der Waals surface area contributed by atoms with Crippen LogP contribution in [0.5, 0.6) is 5.75 Å². The maximum Gasteiger partial charge on any atom is 0.168 e. The standard InChI is InChI=1S/C14H18O3/c1-10(2)17-13-5-3-4-11(8-13)14(15)12-6-7-16-9-12/h3-5,8,10,12H,6-7,9H2,1-2H3. The van der Waals surface area contributed by atoms with Crippen LogP contribution < -0.4 is 4.74 Å². The average molecular weight is 234 g/mol. The van der Waals surface area contributed by atoms with Gasteiger partial charge in [-0.15, -0.1) is 0 Å². The molecule has 0 aromatic heterocycles. The Kier molecular flexibility index (Phi) is 3.79. The summed E-state index contributed by atoms with van der Waals surface area (Å²) in [4.78, 5) is 12.1. The zero-order chi connectivity index (χ0) is 12.3. The average Bonchev–Trinajstić information content (AvgIpc) is 2.81. The van der Waals surface area contributed by atoms with Crippen LogP contribution in [0.4, 0.5) is 0 Å². The van der Waals surface area contributed by atoms with Crippen molar-refractivity contribution in [3.8, 4) is 5.75 Å². The van der Waals surface area contributed by atoms with Crippen LogP contribution >= 0.6 is 0 Å². The van der Waals surface area contributed by atoms with Crippen molar-refractivity contribution < 1.29 is 14.3 Å². The molecular formula is C14H18O3. The summed E-state index contributed by atoms with van der Waals surface area (Å²) in [7, 11) is 0. The normalized spacial score (nSPS) is 19.6. The number of hydrogen-bond donors (Lipinski definition) is 0. The lowest BCUT2D eigenvalue weighted by Crippen LogP contribution is -2.15. The van der Waals surface area contributed by atoms with Gasteiger partial charge in [-0.05, 0) is 32.4 Å². The molecule has 1 aliphatic heterocycles. The van der Waals surface area contributed by atoms with E-state index < -0.39 is 0 Å². The molecule has 1 atom stereocenters. The highest BCUT2D eigenvalue weighted by Gasteiger charge is 2.24. The van der Waals surface area contributed by atoms with E-state index >= 15 is 0 Å². The summed E-state index contributed by atoms with van der Waals surface area (Å²) in [6.45, 7) is 5.19. The Bertz CT molecular complexity index is 392. The predicted octanol–water partition coefficient (Wildman–Crippen LogP) is 2.69. The third kappa shape index (κ3) is 3.07. The van der Waals surface area contributed by atoms with E-state index in [1.807, 2.05) is 38.1 Å². The van der Waals surface area contributed by atoms with Gasteiger partial charge in [-0.25, -0.2) is 0 Å². The maximum atomic E-state index is 12.1. The molecule has 0 saturated carbocycles. The summed E-state index contributed by atoms with van der Waals surface area (Å²) in [5, 5.41) is 0. The Hall–Kier alpha value is -1.35. The minimum Gasteiger partial charge on any atom is -0.491 e. The number of carbonyl (C=O) groups excluding carboxylic acids is 1. The summed E-state index contributed by atoms with van der Waals surface area (Å²) in [6.07, 6.45) is 0.948. The van der Waals surface area contributed by atoms with E-state index in [1.165, 1.54) is 0 Å². The second-order valence-corrected chi connectivity index (χ2v) is 4.62. The van der Waals surface area contributed by atoms with E-state index in [9.17, 15) is 4.79 Å². The molecule has 1 saturated heterocycles. The number of ether oxygens (including phenoxy) is 2. The van der Waals surface area contributed by atoms with Crippen molar-refractivity contribution in [3.05, 3.63) is 29.8 Å². The first kappa shape index (κ1) is 12.1. The minimum atomic E-state index is 0.0179. The molecule has 1 unspecified atom stereocenters. The van der Waals surface area contributed by atoms with E-state index in [2.05, 4.69) is 0 Å². The van der Waals surface area contributed by atoms with Gasteiger partial charge >= 0.3 is 0 Å². The molecule has 92 valence electrons. The Balaban J connectivity index is 2.12. The third-order valence-corrected chi connectivity index (χ3v) is 2.79. The lowest BCUT2D eigenvalue weighted by Gasteiger charge is -2.11. The number of Topliss-reactive ketones (excluding diaryl/α,β-unsaturated/α-hetero) is 1. The van der Waals surface area contributed by atoms with Crippen molar-refractivity contribution in [3.63, 3.8) is 0 Å². The van der Waals surface area contributed by atoms with E-state index in [1.54, 1.807) is 0 Å². The highest BCUT2D eigenvalue weighted by molar-refractivity contribution is 5.98. The molecule has 0 bridgehead atoms. The second kappa shape index (κ2) is 5.32. The monoisotopic (exact) mass is 234 g/mol. The summed E-state index contributed by atoms with van der Waals surface area (Å²) in [5.41, 5.74) is 0.721. The number of carbonyl (C=O) groups is 1. The van der Waals surface area contributed by atoms with Crippen molar-refractivity contribution in [1.29, 1.82) is 0 Å². The molecule has 0 N–H and O–H groups in total. The Morgan fingerprint density at radius 1 is 1.47 bits per heavy atom.